The maximum atomic E-state index is 12.3. The summed E-state index contributed by atoms with van der Waals surface area (Å²) in [5.41, 5.74) is 0.943. The van der Waals surface area contributed by atoms with Crippen LogP contribution < -0.4 is 5.32 Å². The van der Waals surface area contributed by atoms with E-state index in [1.54, 1.807) is 6.20 Å². The quantitative estimate of drug-likeness (QED) is 0.887. The second kappa shape index (κ2) is 7.48. The van der Waals surface area contributed by atoms with Gasteiger partial charge < -0.3 is 14.7 Å². The summed E-state index contributed by atoms with van der Waals surface area (Å²) in [6.07, 6.45) is 3.64. The molecule has 0 spiro atoms. The first kappa shape index (κ1) is 16.5. The lowest BCUT2D eigenvalue weighted by molar-refractivity contribution is 0.131. The van der Waals surface area contributed by atoms with Crippen molar-refractivity contribution in [3.63, 3.8) is 0 Å². The van der Waals surface area contributed by atoms with E-state index in [0.29, 0.717) is 6.54 Å². The summed E-state index contributed by atoms with van der Waals surface area (Å²) in [5.74, 6) is 0.828. The number of nitrogens with one attached hydrogen (secondary N) is 1. The molecule has 0 aromatic carbocycles. The number of rotatable bonds is 5. The molecule has 2 aromatic heterocycles. The highest BCUT2D eigenvalue weighted by atomic mass is 16.5. The van der Waals surface area contributed by atoms with Crippen LogP contribution in [0.2, 0.25) is 0 Å². The minimum atomic E-state index is -0.00779. The van der Waals surface area contributed by atoms with Crippen LogP contribution in [0.15, 0.2) is 29.0 Å². The summed E-state index contributed by atoms with van der Waals surface area (Å²) in [6.45, 7) is 8.44. The van der Waals surface area contributed by atoms with Gasteiger partial charge in [0.1, 0.15) is 5.76 Å². The van der Waals surface area contributed by atoms with Crippen LogP contribution in [0, 0.1) is 6.92 Å². The smallest absolute Gasteiger partial charge is 0.317 e. The number of piperazine rings is 1. The largest absolute Gasteiger partial charge is 0.361 e. The Morgan fingerprint density at radius 2 is 2.17 bits per heavy atom. The molecule has 8 heteroatoms. The average Bonchev–Trinajstić information content (AvgIpc) is 3.20. The van der Waals surface area contributed by atoms with Gasteiger partial charge in [-0.1, -0.05) is 5.16 Å². The summed E-state index contributed by atoms with van der Waals surface area (Å²) >= 11 is 0. The lowest BCUT2D eigenvalue weighted by Crippen LogP contribution is -2.53. The van der Waals surface area contributed by atoms with Gasteiger partial charge in [0.05, 0.1) is 12.2 Å². The molecule has 0 aliphatic carbocycles. The molecule has 1 aliphatic rings. The maximum absolute atomic E-state index is 12.3. The van der Waals surface area contributed by atoms with E-state index in [0.717, 1.165) is 44.2 Å². The molecule has 1 N–H and O–H groups in total. The third kappa shape index (κ3) is 4.35. The van der Waals surface area contributed by atoms with Gasteiger partial charge in [-0.25, -0.2) is 4.79 Å². The van der Waals surface area contributed by atoms with Crippen LogP contribution in [0.4, 0.5) is 4.79 Å². The van der Waals surface area contributed by atoms with Crippen molar-refractivity contribution in [3.8, 4) is 0 Å². The third-order valence-electron chi connectivity index (χ3n) is 4.11. The molecule has 0 radical (unpaired) electrons. The van der Waals surface area contributed by atoms with Gasteiger partial charge in [0.25, 0.3) is 0 Å². The molecule has 3 rings (SSSR count). The zero-order valence-electron chi connectivity index (χ0n) is 14.2. The molecule has 24 heavy (non-hydrogen) atoms. The van der Waals surface area contributed by atoms with Crippen LogP contribution >= 0.6 is 0 Å². The van der Waals surface area contributed by atoms with E-state index >= 15 is 0 Å². The summed E-state index contributed by atoms with van der Waals surface area (Å²) < 4.78 is 6.92. The predicted molar refractivity (Wildman–Crippen MR) is 88.3 cm³/mol. The van der Waals surface area contributed by atoms with Crippen LogP contribution in [-0.4, -0.2) is 63.0 Å². The van der Waals surface area contributed by atoms with Crippen LogP contribution in [0.1, 0.15) is 18.4 Å². The Labute approximate surface area is 141 Å². The van der Waals surface area contributed by atoms with Crippen molar-refractivity contribution in [2.45, 2.75) is 33.0 Å². The molecule has 2 aromatic rings. The molecule has 1 fully saturated rings. The molecule has 0 unspecified atom stereocenters. The lowest BCUT2D eigenvalue weighted by Gasteiger charge is -2.34. The minimum absolute atomic E-state index is 0.00779. The Hall–Kier alpha value is -2.35. The van der Waals surface area contributed by atoms with E-state index < -0.39 is 0 Å². The molecule has 0 saturated carbocycles. The summed E-state index contributed by atoms with van der Waals surface area (Å²) in [4.78, 5) is 16.5. The Morgan fingerprint density at radius 1 is 1.38 bits per heavy atom. The second-order valence-electron chi connectivity index (χ2n) is 6.27. The van der Waals surface area contributed by atoms with Crippen molar-refractivity contribution in [2.75, 3.05) is 26.2 Å². The maximum Gasteiger partial charge on any atom is 0.317 e. The lowest BCUT2D eigenvalue weighted by atomic mass is 10.3. The summed E-state index contributed by atoms with van der Waals surface area (Å²) in [6, 6.07) is 3.86. The highest BCUT2D eigenvalue weighted by Gasteiger charge is 2.22. The van der Waals surface area contributed by atoms with Crippen molar-refractivity contribution >= 4 is 6.03 Å². The Morgan fingerprint density at radius 3 is 2.79 bits per heavy atom. The number of carbonyl (C=O) groups excluding carboxylic acids is 1. The number of aromatic nitrogens is 3. The van der Waals surface area contributed by atoms with Crippen LogP contribution in [0.25, 0.3) is 0 Å². The number of carbonyl (C=O) groups is 1. The predicted octanol–water partition coefficient (Wildman–Crippen LogP) is 1.10. The number of hydrogen-bond donors (Lipinski definition) is 1. The fraction of sp³-hybridized carbons (Fsp3) is 0.562. The fourth-order valence-electron chi connectivity index (χ4n) is 2.87. The van der Waals surface area contributed by atoms with E-state index in [-0.39, 0.29) is 12.1 Å². The zero-order chi connectivity index (χ0) is 16.9. The average molecular weight is 332 g/mol. The molecule has 1 atom stereocenters. The molecule has 2 amide bonds. The first-order valence-electron chi connectivity index (χ1n) is 8.27. The van der Waals surface area contributed by atoms with E-state index in [9.17, 15) is 4.79 Å². The standard InChI is InChI=1S/C16H24N6O2/c1-13(11-22-5-3-4-17-22)18-16(23)21-8-6-20(7-9-21)12-15-10-14(2)24-19-15/h3-5,10,13H,6-9,11-12H2,1-2H3,(H,18,23)/t13-/m0/s1. The normalized spacial score (nSPS) is 17.0. The van der Waals surface area contributed by atoms with Crippen molar-refractivity contribution in [2.24, 2.45) is 0 Å². The molecule has 0 bridgehead atoms. The summed E-state index contributed by atoms with van der Waals surface area (Å²) in [7, 11) is 0. The van der Waals surface area contributed by atoms with Crippen molar-refractivity contribution in [1.29, 1.82) is 0 Å². The van der Waals surface area contributed by atoms with Crippen LogP contribution in [0.3, 0.4) is 0 Å². The van der Waals surface area contributed by atoms with Gasteiger partial charge in [0, 0.05) is 57.2 Å². The molecule has 8 nitrogen and oxygen atoms in total. The number of hydrogen-bond acceptors (Lipinski definition) is 5. The fourth-order valence-corrected chi connectivity index (χ4v) is 2.87. The molecular formula is C16H24N6O2. The molecule has 130 valence electrons. The van der Waals surface area contributed by atoms with Gasteiger partial charge in [-0.15, -0.1) is 0 Å². The second-order valence-corrected chi connectivity index (χ2v) is 6.27. The van der Waals surface area contributed by atoms with Gasteiger partial charge in [0.15, 0.2) is 0 Å². The van der Waals surface area contributed by atoms with Gasteiger partial charge in [-0.3, -0.25) is 9.58 Å². The van der Waals surface area contributed by atoms with Crippen molar-refractivity contribution in [3.05, 3.63) is 36.0 Å². The van der Waals surface area contributed by atoms with E-state index in [4.69, 9.17) is 4.52 Å². The number of nitrogens with zero attached hydrogens (tertiary/aromatic N) is 5. The van der Waals surface area contributed by atoms with E-state index in [1.807, 2.05) is 41.8 Å². The van der Waals surface area contributed by atoms with Gasteiger partial charge in [0.2, 0.25) is 0 Å². The third-order valence-corrected chi connectivity index (χ3v) is 4.11. The highest BCUT2D eigenvalue weighted by Crippen LogP contribution is 2.09. The first-order chi connectivity index (χ1) is 11.6. The Balaban J connectivity index is 1.41. The summed E-state index contributed by atoms with van der Waals surface area (Å²) in [5, 5.41) is 11.2. The number of aryl methyl sites for hydroxylation is 1. The van der Waals surface area contributed by atoms with Gasteiger partial charge in [-0.2, -0.15) is 5.10 Å². The molecule has 1 saturated heterocycles. The highest BCUT2D eigenvalue weighted by molar-refractivity contribution is 5.74. The Bertz CT molecular complexity index is 645. The van der Waals surface area contributed by atoms with E-state index in [1.165, 1.54) is 0 Å². The minimum Gasteiger partial charge on any atom is -0.361 e. The monoisotopic (exact) mass is 332 g/mol. The van der Waals surface area contributed by atoms with Crippen molar-refractivity contribution in [1.82, 2.24) is 30.1 Å². The van der Waals surface area contributed by atoms with E-state index in [2.05, 4.69) is 20.5 Å². The van der Waals surface area contributed by atoms with Crippen LogP contribution in [-0.2, 0) is 13.1 Å². The molecular weight excluding hydrogens is 308 g/mol. The van der Waals surface area contributed by atoms with Crippen LogP contribution in [0.5, 0.6) is 0 Å². The van der Waals surface area contributed by atoms with Gasteiger partial charge >= 0.3 is 6.03 Å². The number of amides is 2. The topological polar surface area (TPSA) is 79.4 Å². The SMILES string of the molecule is Cc1cc(CN2CCN(C(=O)N[C@@H](C)Cn3cccn3)CC2)no1. The number of urea groups is 1. The zero-order valence-corrected chi connectivity index (χ0v) is 14.2. The Kier molecular flexibility index (Phi) is 5.14. The first-order valence-corrected chi connectivity index (χ1v) is 8.27. The van der Waals surface area contributed by atoms with Gasteiger partial charge in [-0.05, 0) is 19.9 Å². The molecule has 3 heterocycles. The molecule has 1 aliphatic heterocycles. The van der Waals surface area contributed by atoms with Crippen molar-refractivity contribution < 1.29 is 9.32 Å².